The van der Waals surface area contributed by atoms with Crippen molar-refractivity contribution in [2.75, 3.05) is 37.7 Å². The summed E-state index contributed by atoms with van der Waals surface area (Å²) in [4.78, 5) is 0. The van der Waals surface area contributed by atoms with Crippen molar-refractivity contribution in [3.8, 4) is 0 Å². The second kappa shape index (κ2) is 6.17. The SMILES string of the molecule is CCS(C)(C)OCCNSC. The lowest BCUT2D eigenvalue weighted by Gasteiger charge is -2.29. The summed E-state index contributed by atoms with van der Waals surface area (Å²) < 4.78 is 8.84. The highest BCUT2D eigenvalue weighted by Gasteiger charge is 2.07. The van der Waals surface area contributed by atoms with E-state index in [1.165, 1.54) is 0 Å². The van der Waals surface area contributed by atoms with E-state index in [-0.39, 0.29) is 0 Å². The lowest BCUT2D eigenvalue weighted by molar-refractivity contribution is 0.367. The van der Waals surface area contributed by atoms with Crippen LogP contribution in [-0.2, 0) is 4.18 Å². The maximum atomic E-state index is 5.69. The average molecular weight is 197 g/mol. The summed E-state index contributed by atoms with van der Waals surface area (Å²) in [5, 5.41) is 0. The van der Waals surface area contributed by atoms with Crippen LogP contribution < -0.4 is 4.72 Å². The second-order valence-electron chi connectivity index (χ2n) is 2.65. The van der Waals surface area contributed by atoms with Gasteiger partial charge in [0.15, 0.2) is 0 Å². The molecule has 0 fully saturated rings. The maximum absolute atomic E-state index is 5.69. The maximum Gasteiger partial charge on any atom is 0.0726 e. The zero-order valence-corrected chi connectivity index (χ0v) is 9.48. The molecule has 1 N–H and O–H groups in total. The molecule has 0 heterocycles. The van der Waals surface area contributed by atoms with Crippen molar-refractivity contribution in [1.82, 2.24) is 4.72 Å². The van der Waals surface area contributed by atoms with Crippen molar-refractivity contribution in [1.29, 1.82) is 0 Å². The Labute approximate surface area is 76.1 Å². The average Bonchev–Trinajstić information content (AvgIpc) is 1.99. The van der Waals surface area contributed by atoms with Crippen LogP contribution in [-0.4, -0.2) is 37.7 Å². The van der Waals surface area contributed by atoms with E-state index in [9.17, 15) is 0 Å². The zero-order valence-electron chi connectivity index (χ0n) is 7.85. The van der Waals surface area contributed by atoms with Gasteiger partial charge in [-0.25, -0.2) is 0 Å². The zero-order chi connectivity index (χ0) is 8.74. The molecule has 0 aromatic rings. The van der Waals surface area contributed by atoms with Gasteiger partial charge in [-0.05, 0) is 24.5 Å². The van der Waals surface area contributed by atoms with Crippen molar-refractivity contribution in [2.24, 2.45) is 0 Å². The lowest BCUT2D eigenvalue weighted by atomic mass is 10.8. The van der Waals surface area contributed by atoms with Gasteiger partial charge in [0.25, 0.3) is 0 Å². The Morgan fingerprint density at radius 2 is 2.09 bits per heavy atom. The van der Waals surface area contributed by atoms with Gasteiger partial charge in [0.05, 0.1) is 6.61 Å². The van der Waals surface area contributed by atoms with Gasteiger partial charge in [-0.1, -0.05) is 18.9 Å². The van der Waals surface area contributed by atoms with Gasteiger partial charge in [0.1, 0.15) is 0 Å². The van der Waals surface area contributed by atoms with Crippen molar-refractivity contribution in [3.05, 3.63) is 0 Å². The van der Waals surface area contributed by atoms with E-state index >= 15 is 0 Å². The lowest BCUT2D eigenvalue weighted by Crippen LogP contribution is -2.14. The van der Waals surface area contributed by atoms with Crippen LogP contribution in [0.2, 0.25) is 0 Å². The van der Waals surface area contributed by atoms with Gasteiger partial charge in [0, 0.05) is 6.54 Å². The third-order valence-corrected chi connectivity index (χ3v) is 4.13. The summed E-state index contributed by atoms with van der Waals surface area (Å²) in [5.74, 6) is 1.15. The van der Waals surface area contributed by atoms with Crippen molar-refractivity contribution >= 4 is 22.3 Å². The molecule has 0 aliphatic carbocycles. The molecule has 2 nitrogen and oxygen atoms in total. The third kappa shape index (κ3) is 7.00. The molecular weight excluding hydrogens is 178 g/mol. The van der Waals surface area contributed by atoms with Crippen molar-refractivity contribution in [2.45, 2.75) is 6.92 Å². The predicted octanol–water partition coefficient (Wildman–Crippen LogP) is 1.87. The molecule has 0 radical (unpaired) electrons. The molecule has 70 valence electrons. The van der Waals surface area contributed by atoms with Crippen LogP contribution >= 0.6 is 22.3 Å². The molecule has 4 heteroatoms. The van der Waals surface area contributed by atoms with E-state index in [0.717, 1.165) is 18.9 Å². The first-order chi connectivity index (χ1) is 5.12. The van der Waals surface area contributed by atoms with Crippen LogP contribution in [0.5, 0.6) is 0 Å². The molecule has 0 spiro atoms. The normalized spacial score (nSPS) is 13.5. The summed E-state index contributed by atoms with van der Waals surface area (Å²) in [5.41, 5.74) is 0. The first-order valence-electron chi connectivity index (χ1n) is 3.73. The Balaban J connectivity index is 3.23. The number of nitrogens with one attached hydrogen (secondary N) is 1. The van der Waals surface area contributed by atoms with Gasteiger partial charge in [-0.15, -0.1) is 10.3 Å². The summed E-state index contributed by atoms with van der Waals surface area (Å²) in [7, 11) is -0.749. The van der Waals surface area contributed by atoms with Gasteiger partial charge in [-0.3, -0.25) is 4.72 Å². The van der Waals surface area contributed by atoms with Crippen LogP contribution in [0.25, 0.3) is 0 Å². The van der Waals surface area contributed by atoms with Crippen LogP contribution in [0.3, 0.4) is 0 Å². The van der Waals surface area contributed by atoms with E-state index in [0.29, 0.717) is 0 Å². The minimum Gasteiger partial charge on any atom is -0.336 e. The number of rotatable bonds is 6. The molecule has 0 aliphatic heterocycles. The summed E-state index contributed by atoms with van der Waals surface area (Å²) in [6, 6.07) is 0. The molecule has 0 amide bonds. The molecule has 0 saturated carbocycles. The molecule has 0 aromatic heterocycles. The summed E-state index contributed by atoms with van der Waals surface area (Å²) in [6.07, 6.45) is 6.43. The Hall–Kier alpha value is 0.620. The monoisotopic (exact) mass is 197 g/mol. The van der Waals surface area contributed by atoms with Crippen molar-refractivity contribution in [3.63, 3.8) is 0 Å². The van der Waals surface area contributed by atoms with Gasteiger partial charge in [-0.2, -0.15) is 0 Å². The third-order valence-electron chi connectivity index (χ3n) is 1.45. The second-order valence-corrected chi connectivity index (χ2v) is 7.03. The van der Waals surface area contributed by atoms with E-state index < -0.39 is 10.3 Å². The Bertz CT molecular complexity index is 98.4. The Morgan fingerprint density at radius 3 is 2.55 bits per heavy atom. The molecular formula is C7H19NOS2. The molecule has 11 heavy (non-hydrogen) atoms. The van der Waals surface area contributed by atoms with E-state index in [2.05, 4.69) is 24.2 Å². The molecule has 0 saturated heterocycles. The summed E-state index contributed by atoms with van der Waals surface area (Å²) >= 11 is 1.64. The molecule has 0 atom stereocenters. The van der Waals surface area contributed by atoms with Crippen molar-refractivity contribution < 1.29 is 4.18 Å². The number of hydrogen-bond donors (Lipinski definition) is 1. The standard InChI is InChI=1S/C7H19NOS2/c1-5-11(3,4)9-7-6-8-10-2/h8H,5-7H2,1-4H3. The Morgan fingerprint density at radius 1 is 1.45 bits per heavy atom. The van der Waals surface area contributed by atoms with E-state index in [4.69, 9.17) is 4.18 Å². The van der Waals surface area contributed by atoms with Crippen LogP contribution in [0, 0.1) is 0 Å². The molecule has 0 aromatic carbocycles. The first kappa shape index (κ1) is 11.6. The highest BCUT2D eigenvalue weighted by atomic mass is 32.3. The number of hydrogen-bond acceptors (Lipinski definition) is 3. The Kier molecular flexibility index (Phi) is 6.52. The predicted molar refractivity (Wildman–Crippen MR) is 57.4 cm³/mol. The minimum absolute atomic E-state index is 0.749. The quantitative estimate of drug-likeness (QED) is 0.519. The minimum atomic E-state index is -0.749. The fourth-order valence-corrected chi connectivity index (χ4v) is 1.48. The molecule has 0 rings (SSSR count). The van der Waals surface area contributed by atoms with E-state index in [1.54, 1.807) is 11.9 Å². The highest BCUT2D eigenvalue weighted by molar-refractivity contribution is 8.28. The molecule has 0 bridgehead atoms. The molecule has 0 unspecified atom stereocenters. The topological polar surface area (TPSA) is 21.3 Å². The fourth-order valence-electron chi connectivity index (χ4n) is 0.494. The van der Waals surface area contributed by atoms with E-state index in [1.807, 2.05) is 6.26 Å². The van der Waals surface area contributed by atoms with Crippen LogP contribution in [0.1, 0.15) is 6.92 Å². The van der Waals surface area contributed by atoms with Gasteiger partial charge >= 0.3 is 0 Å². The first-order valence-corrected chi connectivity index (χ1v) is 7.50. The fraction of sp³-hybridized carbons (Fsp3) is 1.00. The smallest absolute Gasteiger partial charge is 0.0726 e. The summed E-state index contributed by atoms with van der Waals surface area (Å²) in [6.45, 7) is 3.95. The largest absolute Gasteiger partial charge is 0.336 e. The van der Waals surface area contributed by atoms with Crippen LogP contribution in [0.4, 0.5) is 0 Å². The van der Waals surface area contributed by atoms with Crippen LogP contribution in [0.15, 0.2) is 0 Å². The molecule has 0 aliphatic rings. The van der Waals surface area contributed by atoms with Gasteiger partial charge in [0.2, 0.25) is 0 Å². The van der Waals surface area contributed by atoms with Gasteiger partial charge < -0.3 is 4.18 Å². The highest BCUT2D eigenvalue weighted by Crippen LogP contribution is 2.39.